The minimum Gasteiger partial charge on any atom is -0.497 e. The molecule has 0 aliphatic carbocycles. The van der Waals surface area contributed by atoms with Crippen molar-refractivity contribution in [2.45, 2.75) is 20.8 Å². The third-order valence-corrected chi connectivity index (χ3v) is 5.18. The average Bonchev–Trinajstić information content (AvgIpc) is 3.04. The second-order valence-electron chi connectivity index (χ2n) is 7.27. The van der Waals surface area contributed by atoms with Crippen molar-refractivity contribution >= 4 is 22.9 Å². The fraction of sp³-hybridized carbons (Fsp3) is 0.192. The summed E-state index contributed by atoms with van der Waals surface area (Å²) in [7, 11) is 3.35. The highest BCUT2D eigenvalue weighted by Crippen LogP contribution is 2.27. The molecule has 0 fully saturated rings. The lowest BCUT2D eigenvalue weighted by Crippen LogP contribution is -2.01. The molecule has 164 valence electrons. The smallest absolute Gasteiger partial charge is 0.213 e. The second kappa shape index (κ2) is 10.0. The van der Waals surface area contributed by atoms with E-state index < -0.39 is 5.95 Å². The summed E-state index contributed by atoms with van der Waals surface area (Å²) < 4.78 is 19.9. The maximum atomic E-state index is 12.5. The van der Waals surface area contributed by atoms with Gasteiger partial charge in [-0.25, -0.2) is 4.98 Å². The zero-order valence-electron chi connectivity index (χ0n) is 18.9. The summed E-state index contributed by atoms with van der Waals surface area (Å²) in [6, 6.07) is 18.3. The van der Waals surface area contributed by atoms with Crippen LogP contribution in [0.2, 0.25) is 0 Å². The van der Waals surface area contributed by atoms with Gasteiger partial charge >= 0.3 is 0 Å². The van der Waals surface area contributed by atoms with Gasteiger partial charge in [0.05, 0.1) is 12.6 Å². The molecule has 6 heteroatoms. The van der Waals surface area contributed by atoms with Crippen LogP contribution < -0.4 is 4.74 Å². The van der Waals surface area contributed by atoms with Gasteiger partial charge in [-0.2, -0.15) is 4.39 Å². The molecule has 32 heavy (non-hydrogen) atoms. The summed E-state index contributed by atoms with van der Waals surface area (Å²) in [6.45, 7) is 5.54. The first kappa shape index (κ1) is 22.9. The highest BCUT2D eigenvalue weighted by atomic mass is 19.1. The molecule has 2 aromatic heterocycles. The van der Waals surface area contributed by atoms with E-state index in [0.717, 1.165) is 39.3 Å². The van der Waals surface area contributed by atoms with Crippen molar-refractivity contribution in [3.63, 3.8) is 0 Å². The summed E-state index contributed by atoms with van der Waals surface area (Å²) in [5.74, 6) is 0.408. The standard InChI is InChI=1S/C17H20N2O2.C9H6FN/c1-11-16(10-18-4)17(13(3)20)12(2)19(11)14-7-6-8-15(9-14)21-5;10-9-6-5-7-3-1-2-4-8(7)11-9/h6-10H,1-5H3;1-6H. The van der Waals surface area contributed by atoms with E-state index in [-0.39, 0.29) is 5.78 Å². The number of carbonyl (C=O) groups excluding carboxylic acids is 1. The van der Waals surface area contributed by atoms with Gasteiger partial charge in [-0.15, -0.1) is 0 Å². The Morgan fingerprint density at radius 3 is 2.50 bits per heavy atom. The van der Waals surface area contributed by atoms with Crippen molar-refractivity contribution in [2.24, 2.45) is 4.99 Å². The molecule has 4 rings (SSSR count). The number of rotatable bonds is 4. The number of methoxy groups -OCH3 is 1. The minimum absolute atomic E-state index is 0.0483. The van der Waals surface area contributed by atoms with Crippen LogP contribution in [0.4, 0.5) is 4.39 Å². The van der Waals surface area contributed by atoms with Crippen LogP contribution in [-0.4, -0.2) is 35.7 Å². The summed E-state index contributed by atoms with van der Waals surface area (Å²) >= 11 is 0. The Hall–Kier alpha value is -3.80. The van der Waals surface area contributed by atoms with Gasteiger partial charge in [0.25, 0.3) is 0 Å². The average molecular weight is 432 g/mol. The van der Waals surface area contributed by atoms with Crippen LogP contribution in [0.5, 0.6) is 5.75 Å². The summed E-state index contributed by atoms with van der Waals surface area (Å²) in [5, 5.41) is 0.967. The number of ether oxygens (including phenoxy) is 1. The van der Waals surface area contributed by atoms with Crippen LogP contribution in [0.15, 0.2) is 65.7 Å². The van der Waals surface area contributed by atoms with Gasteiger partial charge in [-0.3, -0.25) is 9.79 Å². The molecule has 0 saturated heterocycles. The van der Waals surface area contributed by atoms with E-state index in [1.165, 1.54) is 6.07 Å². The maximum absolute atomic E-state index is 12.5. The molecule has 2 aromatic carbocycles. The maximum Gasteiger partial charge on any atom is 0.213 e. The third kappa shape index (κ3) is 4.75. The van der Waals surface area contributed by atoms with Gasteiger partial charge in [0.1, 0.15) is 5.75 Å². The Morgan fingerprint density at radius 1 is 1.06 bits per heavy atom. The second-order valence-corrected chi connectivity index (χ2v) is 7.27. The number of aliphatic imine (C=N–C) groups is 1. The fourth-order valence-corrected chi connectivity index (χ4v) is 3.77. The van der Waals surface area contributed by atoms with Gasteiger partial charge in [-0.1, -0.05) is 24.3 Å². The SMILES string of the molecule is CN=Cc1c(C(C)=O)c(C)n(-c2cccc(OC)c2)c1C.Fc1ccc2ccccc2n1. The fourth-order valence-electron chi connectivity index (χ4n) is 3.77. The molecule has 0 radical (unpaired) electrons. The topological polar surface area (TPSA) is 56.5 Å². The van der Waals surface area contributed by atoms with Crippen molar-refractivity contribution in [3.05, 3.63) is 89.1 Å². The van der Waals surface area contributed by atoms with Crippen molar-refractivity contribution in [1.82, 2.24) is 9.55 Å². The van der Waals surface area contributed by atoms with Gasteiger partial charge < -0.3 is 9.30 Å². The van der Waals surface area contributed by atoms with Crippen LogP contribution in [0.3, 0.4) is 0 Å². The Kier molecular flexibility index (Phi) is 7.15. The van der Waals surface area contributed by atoms with E-state index in [2.05, 4.69) is 14.5 Å². The Morgan fingerprint density at radius 2 is 1.81 bits per heavy atom. The molecule has 4 aromatic rings. The Bertz CT molecular complexity index is 1290. The van der Waals surface area contributed by atoms with Crippen molar-refractivity contribution < 1.29 is 13.9 Å². The Balaban J connectivity index is 0.000000219. The molecule has 0 aliphatic heterocycles. The van der Waals surface area contributed by atoms with E-state index in [1.807, 2.05) is 56.3 Å². The lowest BCUT2D eigenvalue weighted by Gasteiger charge is -2.11. The van der Waals surface area contributed by atoms with E-state index in [9.17, 15) is 9.18 Å². The highest BCUT2D eigenvalue weighted by molar-refractivity contribution is 6.04. The number of hydrogen-bond acceptors (Lipinski definition) is 4. The van der Waals surface area contributed by atoms with Gasteiger partial charge in [0, 0.05) is 52.9 Å². The number of benzene rings is 2. The van der Waals surface area contributed by atoms with Gasteiger partial charge in [-0.05, 0) is 51.1 Å². The lowest BCUT2D eigenvalue weighted by molar-refractivity contribution is 0.101. The van der Waals surface area contributed by atoms with Crippen LogP contribution >= 0.6 is 0 Å². The number of para-hydroxylation sites is 1. The number of pyridine rings is 1. The third-order valence-electron chi connectivity index (χ3n) is 5.18. The molecule has 0 saturated carbocycles. The number of fused-ring (bicyclic) bond motifs is 1. The molecule has 0 atom stereocenters. The number of Topliss-reactive ketones (excluding diaryl/α,β-unsaturated/α-hetero) is 1. The summed E-state index contributed by atoms with van der Waals surface area (Å²) in [6.07, 6.45) is 1.75. The van der Waals surface area contributed by atoms with E-state index in [0.29, 0.717) is 5.52 Å². The predicted molar refractivity (Wildman–Crippen MR) is 127 cm³/mol. The molecular formula is C26H26FN3O2. The van der Waals surface area contributed by atoms with E-state index >= 15 is 0 Å². The zero-order valence-corrected chi connectivity index (χ0v) is 18.9. The number of hydrogen-bond donors (Lipinski definition) is 0. The van der Waals surface area contributed by atoms with Crippen LogP contribution in [0.25, 0.3) is 16.6 Å². The van der Waals surface area contributed by atoms with Gasteiger partial charge in [0.15, 0.2) is 5.78 Å². The normalized spacial score (nSPS) is 10.8. The molecule has 0 spiro atoms. The van der Waals surface area contributed by atoms with Crippen molar-refractivity contribution in [1.29, 1.82) is 0 Å². The van der Waals surface area contributed by atoms with Crippen LogP contribution in [0, 0.1) is 19.8 Å². The van der Waals surface area contributed by atoms with E-state index in [4.69, 9.17) is 4.74 Å². The van der Waals surface area contributed by atoms with Crippen LogP contribution in [-0.2, 0) is 0 Å². The predicted octanol–water partition coefficient (Wildman–Crippen LogP) is 5.73. The molecule has 2 heterocycles. The molecular weight excluding hydrogens is 405 g/mol. The lowest BCUT2D eigenvalue weighted by atomic mass is 10.1. The van der Waals surface area contributed by atoms with E-state index in [1.54, 1.807) is 39.4 Å². The number of halogens is 1. The number of nitrogens with zero attached hydrogens (tertiary/aromatic N) is 3. The summed E-state index contributed by atoms with van der Waals surface area (Å²) in [5.41, 5.74) is 5.20. The molecule has 5 nitrogen and oxygen atoms in total. The number of carbonyl (C=O) groups is 1. The first-order valence-electron chi connectivity index (χ1n) is 10.2. The molecule has 0 N–H and O–H groups in total. The van der Waals surface area contributed by atoms with Crippen molar-refractivity contribution in [3.8, 4) is 11.4 Å². The zero-order chi connectivity index (χ0) is 23.3. The minimum atomic E-state index is -0.427. The largest absolute Gasteiger partial charge is 0.497 e. The van der Waals surface area contributed by atoms with Crippen molar-refractivity contribution in [2.75, 3.05) is 14.2 Å². The molecule has 0 aliphatic rings. The quantitative estimate of drug-likeness (QED) is 0.236. The van der Waals surface area contributed by atoms with Crippen LogP contribution in [0.1, 0.15) is 34.2 Å². The number of ketones is 1. The Labute approximate surface area is 187 Å². The molecule has 0 unspecified atom stereocenters. The molecule has 0 bridgehead atoms. The monoisotopic (exact) mass is 431 g/mol. The number of aromatic nitrogens is 2. The highest BCUT2D eigenvalue weighted by Gasteiger charge is 2.20. The van der Waals surface area contributed by atoms with Gasteiger partial charge in [0.2, 0.25) is 5.95 Å². The molecule has 0 amide bonds. The first-order chi connectivity index (χ1) is 15.4. The summed E-state index contributed by atoms with van der Waals surface area (Å²) in [4.78, 5) is 19.8. The first-order valence-corrected chi connectivity index (χ1v) is 10.2.